The van der Waals surface area contributed by atoms with Gasteiger partial charge in [-0.05, 0) is 34.9 Å². The van der Waals surface area contributed by atoms with Crippen molar-refractivity contribution in [2.75, 3.05) is 20.0 Å². The van der Waals surface area contributed by atoms with Gasteiger partial charge in [-0.3, -0.25) is 0 Å². The van der Waals surface area contributed by atoms with Crippen LogP contribution in [0.4, 0.5) is 5.82 Å². The van der Waals surface area contributed by atoms with Crippen LogP contribution < -0.4 is 15.2 Å². The Balaban J connectivity index is 1.79. The fourth-order valence-corrected chi connectivity index (χ4v) is 3.53. The number of nitrogen functional groups attached to an aromatic ring is 1. The second kappa shape index (κ2) is 8.60. The number of anilines is 1. The normalized spacial score (nSPS) is 10.4. The van der Waals surface area contributed by atoms with Crippen LogP contribution in [0.15, 0.2) is 78.9 Å². The highest BCUT2D eigenvalue weighted by atomic mass is 16.5. The van der Waals surface area contributed by atoms with E-state index in [-0.39, 0.29) is 5.82 Å². The lowest BCUT2D eigenvalue weighted by Gasteiger charge is -2.13. The quantitative estimate of drug-likeness (QED) is 0.469. The molecule has 0 aliphatic rings. The zero-order valence-corrected chi connectivity index (χ0v) is 17.3. The summed E-state index contributed by atoms with van der Waals surface area (Å²) >= 11 is 0. The molecule has 5 heteroatoms. The topological polar surface area (TPSA) is 81.2 Å². The molecule has 0 fully saturated rings. The maximum absolute atomic E-state index is 9.69. The maximum Gasteiger partial charge on any atom is 0.161 e. The molecule has 1 heterocycles. The van der Waals surface area contributed by atoms with E-state index in [4.69, 9.17) is 15.2 Å². The Morgan fingerprint density at radius 2 is 1.35 bits per heavy atom. The van der Waals surface area contributed by atoms with Crippen molar-refractivity contribution in [1.82, 2.24) is 4.98 Å². The molecule has 152 valence electrons. The highest BCUT2D eigenvalue weighted by Crippen LogP contribution is 2.36. The van der Waals surface area contributed by atoms with E-state index in [0.29, 0.717) is 28.3 Å². The summed E-state index contributed by atoms with van der Waals surface area (Å²) in [5.74, 6) is 1.38. The Labute approximate surface area is 181 Å². The molecule has 0 saturated carbocycles. The predicted molar refractivity (Wildman–Crippen MR) is 123 cm³/mol. The van der Waals surface area contributed by atoms with Crippen molar-refractivity contribution < 1.29 is 9.47 Å². The van der Waals surface area contributed by atoms with Gasteiger partial charge in [-0.15, -0.1) is 0 Å². The summed E-state index contributed by atoms with van der Waals surface area (Å²) in [5.41, 5.74) is 11.9. The standard InChI is InChI=1S/C26H21N3O2/c1-30-24-13-12-20(14-25(24)31-2)21-15-23(29-26(28)22(21)16-27)19-10-8-18(9-11-19)17-6-4-3-5-7-17/h3-15H,1-2H3,(H2,28,29). The van der Waals surface area contributed by atoms with Crippen LogP contribution in [0.2, 0.25) is 0 Å². The van der Waals surface area contributed by atoms with Gasteiger partial charge in [0, 0.05) is 11.1 Å². The first-order valence-electron chi connectivity index (χ1n) is 9.73. The minimum absolute atomic E-state index is 0.192. The van der Waals surface area contributed by atoms with Gasteiger partial charge in [0.25, 0.3) is 0 Å². The van der Waals surface area contributed by atoms with Crippen LogP contribution in [0.1, 0.15) is 5.56 Å². The van der Waals surface area contributed by atoms with E-state index >= 15 is 0 Å². The lowest BCUT2D eigenvalue weighted by molar-refractivity contribution is 0.355. The first kappa shape index (κ1) is 20.0. The summed E-state index contributed by atoms with van der Waals surface area (Å²) in [6.45, 7) is 0. The number of nitrogens with two attached hydrogens (primary N) is 1. The monoisotopic (exact) mass is 407 g/mol. The number of aromatic nitrogens is 1. The molecule has 1 aromatic heterocycles. The van der Waals surface area contributed by atoms with E-state index in [1.54, 1.807) is 20.3 Å². The Kier molecular flexibility index (Phi) is 5.55. The third kappa shape index (κ3) is 3.92. The number of nitrogens with zero attached hydrogens (tertiary/aromatic N) is 2. The third-order valence-electron chi connectivity index (χ3n) is 5.14. The first-order chi connectivity index (χ1) is 15.1. The third-order valence-corrected chi connectivity index (χ3v) is 5.14. The van der Waals surface area contributed by atoms with Gasteiger partial charge >= 0.3 is 0 Å². The van der Waals surface area contributed by atoms with Gasteiger partial charge in [0.15, 0.2) is 11.5 Å². The molecule has 31 heavy (non-hydrogen) atoms. The second-order valence-electron chi connectivity index (χ2n) is 6.94. The Morgan fingerprint density at radius 3 is 2.00 bits per heavy atom. The Bertz CT molecular complexity index is 1260. The minimum atomic E-state index is 0.192. The fraction of sp³-hybridized carbons (Fsp3) is 0.0769. The summed E-state index contributed by atoms with van der Waals surface area (Å²) in [6, 6.07) is 27.9. The van der Waals surface area contributed by atoms with Crippen molar-refractivity contribution in [1.29, 1.82) is 5.26 Å². The molecule has 0 unspecified atom stereocenters. The van der Waals surface area contributed by atoms with Crippen molar-refractivity contribution in [3.05, 3.63) is 84.4 Å². The smallest absolute Gasteiger partial charge is 0.161 e. The van der Waals surface area contributed by atoms with Crippen LogP contribution in [-0.4, -0.2) is 19.2 Å². The first-order valence-corrected chi connectivity index (χ1v) is 9.73. The number of benzene rings is 3. The zero-order valence-electron chi connectivity index (χ0n) is 17.3. The van der Waals surface area contributed by atoms with Crippen molar-refractivity contribution >= 4 is 5.82 Å². The van der Waals surface area contributed by atoms with E-state index in [9.17, 15) is 5.26 Å². The van der Waals surface area contributed by atoms with Gasteiger partial charge in [-0.1, -0.05) is 60.7 Å². The van der Waals surface area contributed by atoms with Crippen molar-refractivity contribution in [2.24, 2.45) is 0 Å². The molecule has 0 aliphatic carbocycles. The molecule has 0 bridgehead atoms. The number of hydrogen-bond donors (Lipinski definition) is 1. The van der Waals surface area contributed by atoms with E-state index in [1.165, 1.54) is 0 Å². The molecule has 4 rings (SSSR count). The van der Waals surface area contributed by atoms with Crippen LogP contribution in [0.3, 0.4) is 0 Å². The summed E-state index contributed by atoms with van der Waals surface area (Å²) in [6.07, 6.45) is 0. The number of ether oxygens (including phenoxy) is 2. The second-order valence-corrected chi connectivity index (χ2v) is 6.94. The van der Waals surface area contributed by atoms with E-state index < -0.39 is 0 Å². The molecule has 4 aromatic rings. The summed E-state index contributed by atoms with van der Waals surface area (Å²) < 4.78 is 10.7. The van der Waals surface area contributed by atoms with E-state index in [2.05, 4.69) is 35.3 Å². The van der Waals surface area contributed by atoms with Crippen LogP contribution in [0.25, 0.3) is 33.5 Å². The van der Waals surface area contributed by atoms with Crippen LogP contribution in [0, 0.1) is 11.3 Å². The molecule has 0 radical (unpaired) electrons. The lowest BCUT2D eigenvalue weighted by Crippen LogP contribution is -2.00. The molecule has 2 N–H and O–H groups in total. The van der Waals surface area contributed by atoms with Gasteiger partial charge in [-0.2, -0.15) is 5.26 Å². The van der Waals surface area contributed by atoms with Gasteiger partial charge in [0.1, 0.15) is 17.5 Å². The Morgan fingerprint density at radius 1 is 0.742 bits per heavy atom. The largest absolute Gasteiger partial charge is 0.493 e. The molecular formula is C26H21N3O2. The van der Waals surface area contributed by atoms with E-state index in [0.717, 1.165) is 22.3 Å². The number of methoxy groups -OCH3 is 2. The molecule has 5 nitrogen and oxygen atoms in total. The molecule has 0 atom stereocenters. The lowest BCUT2D eigenvalue weighted by atomic mass is 9.97. The molecule has 0 spiro atoms. The fourth-order valence-electron chi connectivity index (χ4n) is 3.53. The highest BCUT2D eigenvalue weighted by Gasteiger charge is 2.15. The van der Waals surface area contributed by atoms with Gasteiger partial charge < -0.3 is 15.2 Å². The van der Waals surface area contributed by atoms with E-state index in [1.807, 2.05) is 48.5 Å². The van der Waals surface area contributed by atoms with Crippen LogP contribution >= 0.6 is 0 Å². The average molecular weight is 407 g/mol. The molecular weight excluding hydrogens is 386 g/mol. The van der Waals surface area contributed by atoms with Crippen molar-refractivity contribution in [2.45, 2.75) is 0 Å². The molecule has 0 amide bonds. The van der Waals surface area contributed by atoms with Crippen molar-refractivity contribution in [3.8, 4) is 51.1 Å². The summed E-state index contributed by atoms with van der Waals surface area (Å²) in [4.78, 5) is 4.48. The minimum Gasteiger partial charge on any atom is -0.493 e. The van der Waals surface area contributed by atoms with Gasteiger partial charge in [-0.25, -0.2) is 4.98 Å². The number of hydrogen-bond acceptors (Lipinski definition) is 5. The number of rotatable bonds is 5. The SMILES string of the molecule is COc1ccc(-c2cc(-c3ccc(-c4ccccc4)cc3)nc(N)c2C#N)cc1OC. The highest BCUT2D eigenvalue weighted by molar-refractivity contribution is 5.81. The predicted octanol–water partition coefficient (Wildman–Crippen LogP) is 5.55. The zero-order chi connectivity index (χ0) is 21.8. The molecule has 0 saturated heterocycles. The number of nitriles is 1. The molecule has 3 aromatic carbocycles. The van der Waals surface area contributed by atoms with Crippen LogP contribution in [0.5, 0.6) is 11.5 Å². The summed E-state index contributed by atoms with van der Waals surface area (Å²) in [7, 11) is 3.16. The van der Waals surface area contributed by atoms with Gasteiger partial charge in [0.2, 0.25) is 0 Å². The van der Waals surface area contributed by atoms with Crippen molar-refractivity contribution in [3.63, 3.8) is 0 Å². The molecule has 0 aliphatic heterocycles. The average Bonchev–Trinajstić information content (AvgIpc) is 2.83. The van der Waals surface area contributed by atoms with Crippen LogP contribution in [-0.2, 0) is 0 Å². The Hall–Kier alpha value is -4.30. The maximum atomic E-state index is 9.69. The number of pyridine rings is 1. The summed E-state index contributed by atoms with van der Waals surface area (Å²) in [5, 5.41) is 9.69. The van der Waals surface area contributed by atoms with Gasteiger partial charge in [0.05, 0.1) is 19.9 Å².